The Balaban J connectivity index is 3.44. The number of nitrogens with two attached hydrogens (primary N) is 1. The first-order chi connectivity index (χ1) is 6.49. The van der Waals surface area contributed by atoms with Crippen LogP contribution in [0.4, 0.5) is 0 Å². The Hall–Kier alpha value is -0.930. The van der Waals surface area contributed by atoms with Crippen molar-refractivity contribution in [1.82, 2.24) is 0 Å². The molecule has 0 amide bonds. The van der Waals surface area contributed by atoms with E-state index in [2.05, 4.69) is 0 Å². The van der Waals surface area contributed by atoms with Gasteiger partial charge in [0.25, 0.3) is 0 Å². The summed E-state index contributed by atoms with van der Waals surface area (Å²) < 4.78 is 4.98. The number of phenols is 1. The first-order valence-corrected chi connectivity index (χ1v) is 4.68. The van der Waals surface area contributed by atoms with Gasteiger partial charge in [-0.2, -0.15) is 0 Å². The highest BCUT2D eigenvalue weighted by molar-refractivity contribution is 6.32. The van der Waals surface area contributed by atoms with Crippen LogP contribution < -0.4 is 10.5 Å². The summed E-state index contributed by atoms with van der Waals surface area (Å²) in [6, 6.07) is 1.49. The highest BCUT2D eigenvalue weighted by Gasteiger charge is 2.17. The van der Waals surface area contributed by atoms with Gasteiger partial charge < -0.3 is 15.6 Å². The van der Waals surface area contributed by atoms with Gasteiger partial charge in [-0.25, -0.2) is 0 Å². The molecule has 1 aromatic rings. The fraction of sp³-hybridized carbons (Fsp3) is 0.400. The topological polar surface area (TPSA) is 55.5 Å². The summed E-state index contributed by atoms with van der Waals surface area (Å²) in [5.41, 5.74) is 7.27. The molecule has 1 rings (SSSR count). The number of hydrogen-bond acceptors (Lipinski definition) is 3. The molecule has 3 nitrogen and oxygen atoms in total. The van der Waals surface area contributed by atoms with Gasteiger partial charge >= 0.3 is 0 Å². The lowest BCUT2D eigenvalue weighted by molar-refractivity contribution is 0.369. The van der Waals surface area contributed by atoms with Gasteiger partial charge in [0.1, 0.15) is 0 Å². The molecule has 14 heavy (non-hydrogen) atoms. The van der Waals surface area contributed by atoms with Crippen LogP contribution in [0.15, 0.2) is 6.07 Å². The fourth-order valence-corrected chi connectivity index (χ4v) is 1.85. The molecule has 0 aliphatic carbocycles. The van der Waals surface area contributed by atoms with E-state index in [0.29, 0.717) is 10.6 Å². The number of aryl methyl sites for hydroxylation is 1. The van der Waals surface area contributed by atoms with Crippen LogP contribution in [0.2, 0.25) is 5.02 Å². The molecule has 3 N–H and O–H groups in total. The summed E-state index contributed by atoms with van der Waals surface area (Å²) in [5.74, 6) is 0.317. The molecule has 0 bridgehead atoms. The number of hydrogen-bond donors (Lipinski definition) is 2. The van der Waals surface area contributed by atoms with Crippen molar-refractivity contribution in [3.63, 3.8) is 0 Å². The van der Waals surface area contributed by atoms with Crippen molar-refractivity contribution < 1.29 is 9.84 Å². The van der Waals surface area contributed by atoms with E-state index in [1.165, 1.54) is 7.11 Å². The Morgan fingerprint density at radius 2 is 2.14 bits per heavy atom. The lowest BCUT2D eigenvalue weighted by Crippen LogP contribution is -2.08. The molecule has 1 unspecified atom stereocenters. The van der Waals surface area contributed by atoms with Crippen molar-refractivity contribution in [3.05, 3.63) is 22.2 Å². The van der Waals surface area contributed by atoms with E-state index in [1.807, 2.05) is 6.92 Å². The Kier molecular flexibility index (Phi) is 3.24. The molecule has 0 heterocycles. The lowest BCUT2D eigenvalue weighted by Gasteiger charge is -2.15. The van der Waals surface area contributed by atoms with Crippen LogP contribution in [0.5, 0.6) is 11.5 Å². The van der Waals surface area contributed by atoms with Gasteiger partial charge in [0, 0.05) is 11.6 Å². The van der Waals surface area contributed by atoms with Crippen molar-refractivity contribution >= 4 is 11.6 Å². The third-order valence-electron chi connectivity index (χ3n) is 2.11. The summed E-state index contributed by atoms with van der Waals surface area (Å²) in [4.78, 5) is 0. The first kappa shape index (κ1) is 11.1. The van der Waals surface area contributed by atoms with Crippen LogP contribution in [0.3, 0.4) is 0 Å². The van der Waals surface area contributed by atoms with Gasteiger partial charge in [-0.15, -0.1) is 0 Å². The smallest absolute Gasteiger partial charge is 0.179 e. The second-order valence-electron chi connectivity index (χ2n) is 3.26. The van der Waals surface area contributed by atoms with Crippen molar-refractivity contribution in [1.29, 1.82) is 0 Å². The van der Waals surface area contributed by atoms with Crippen molar-refractivity contribution in [2.45, 2.75) is 19.9 Å². The Labute approximate surface area is 88.4 Å². The summed E-state index contributed by atoms with van der Waals surface area (Å²) in [7, 11) is 1.46. The average molecular weight is 216 g/mol. The molecule has 4 heteroatoms. The van der Waals surface area contributed by atoms with E-state index in [-0.39, 0.29) is 17.5 Å². The lowest BCUT2D eigenvalue weighted by atomic mass is 10.0. The minimum absolute atomic E-state index is 0.0347. The number of methoxy groups -OCH3 is 1. The van der Waals surface area contributed by atoms with Crippen molar-refractivity contribution in [2.75, 3.05) is 7.11 Å². The molecule has 0 saturated heterocycles. The number of phenolic OH excluding ortho intramolecular Hbond substituents is 1. The van der Waals surface area contributed by atoms with Gasteiger partial charge in [0.2, 0.25) is 0 Å². The van der Waals surface area contributed by atoms with E-state index in [1.54, 1.807) is 13.0 Å². The van der Waals surface area contributed by atoms with Crippen molar-refractivity contribution in [3.8, 4) is 11.5 Å². The molecular formula is C10H14ClNO2. The van der Waals surface area contributed by atoms with Gasteiger partial charge in [0.05, 0.1) is 12.1 Å². The molecular weight excluding hydrogens is 202 g/mol. The van der Waals surface area contributed by atoms with Crippen LogP contribution in [-0.4, -0.2) is 12.2 Å². The quantitative estimate of drug-likeness (QED) is 0.797. The summed E-state index contributed by atoms with van der Waals surface area (Å²) in [5, 5.41) is 10.2. The zero-order valence-electron chi connectivity index (χ0n) is 8.47. The highest BCUT2D eigenvalue weighted by atomic mass is 35.5. The minimum atomic E-state index is -0.249. The average Bonchev–Trinajstić information content (AvgIpc) is 2.02. The maximum atomic E-state index is 9.83. The Morgan fingerprint density at radius 3 is 2.57 bits per heavy atom. The van der Waals surface area contributed by atoms with E-state index in [4.69, 9.17) is 22.1 Å². The number of aromatic hydroxyl groups is 1. The van der Waals surface area contributed by atoms with Crippen LogP contribution in [0, 0.1) is 6.92 Å². The number of halogens is 1. The third-order valence-corrected chi connectivity index (χ3v) is 2.40. The zero-order chi connectivity index (χ0) is 10.9. The van der Waals surface area contributed by atoms with E-state index in [0.717, 1.165) is 5.56 Å². The number of benzene rings is 1. The number of rotatable bonds is 2. The molecule has 0 aliphatic heterocycles. The Morgan fingerprint density at radius 1 is 1.57 bits per heavy atom. The van der Waals surface area contributed by atoms with Crippen molar-refractivity contribution in [2.24, 2.45) is 5.73 Å². The summed E-state index contributed by atoms with van der Waals surface area (Å²) >= 11 is 5.89. The minimum Gasteiger partial charge on any atom is -0.504 e. The predicted molar refractivity (Wildman–Crippen MR) is 57.0 cm³/mol. The maximum Gasteiger partial charge on any atom is 0.179 e. The fourth-order valence-electron chi connectivity index (χ4n) is 1.52. The number of ether oxygens (including phenoxy) is 1. The Bertz CT molecular complexity index is 350. The van der Waals surface area contributed by atoms with Gasteiger partial charge in [0.15, 0.2) is 11.5 Å². The molecule has 1 atom stereocenters. The van der Waals surface area contributed by atoms with E-state index >= 15 is 0 Å². The molecule has 0 aliphatic rings. The second kappa shape index (κ2) is 4.07. The first-order valence-electron chi connectivity index (χ1n) is 4.30. The van der Waals surface area contributed by atoms with Gasteiger partial charge in [-0.05, 0) is 25.5 Å². The molecule has 0 spiro atoms. The standard InChI is InChI=1S/C10H14ClNO2/c1-5-4-7(11)10(14-3)9(13)8(5)6(2)12/h4,6,13H,12H2,1-3H3. The van der Waals surface area contributed by atoms with Gasteiger partial charge in [-0.1, -0.05) is 11.6 Å². The zero-order valence-corrected chi connectivity index (χ0v) is 9.22. The summed E-state index contributed by atoms with van der Waals surface area (Å²) in [6.07, 6.45) is 0. The maximum absolute atomic E-state index is 9.83. The largest absolute Gasteiger partial charge is 0.504 e. The van der Waals surface area contributed by atoms with E-state index < -0.39 is 0 Å². The molecule has 0 fully saturated rings. The monoisotopic (exact) mass is 215 g/mol. The highest BCUT2D eigenvalue weighted by Crippen LogP contribution is 2.40. The molecule has 0 aromatic heterocycles. The third kappa shape index (κ3) is 1.79. The second-order valence-corrected chi connectivity index (χ2v) is 3.67. The molecule has 1 aromatic carbocycles. The van der Waals surface area contributed by atoms with Crippen LogP contribution in [0.1, 0.15) is 24.1 Å². The van der Waals surface area contributed by atoms with Crippen LogP contribution >= 0.6 is 11.6 Å². The van der Waals surface area contributed by atoms with E-state index in [9.17, 15) is 5.11 Å². The SMILES string of the molecule is COc1c(Cl)cc(C)c(C(C)N)c1O. The van der Waals surface area contributed by atoms with Gasteiger partial charge in [-0.3, -0.25) is 0 Å². The molecule has 0 saturated carbocycles. The molecule has 78 valence electrons. The van der Waals surface area contributed by atoms with Crippen LogP contribution in [0.25, 0.3) is 0 Å². The summed E-state index contributed by atoms with van der Waals surface area (Å²) in [6.45, 7) is 3.65. The molecule has 0 radical (unpaired) electrons. The predicted octanol–water partition coefficient (Wildman–Crippen LogP) is 2.38. The normalized spacial score (nSPS) is 12.6. The van der Waals surface area contributed by atoms with Crippen LogP contribution in [-0.2, 0) is 0 Å².